The van der Waals surface area contributed by atoms with Gasteiger partial charge in [0.2, 0.25) is 0 Å². The first-order valence-corrected chi connectivity index (χ1v) is 20.8. The molecule has 2 aliphatic heterocycles. The van der Waals surface area contributed by atoms with E-state index in [-0.39, 0.29) is 6.10 Å². The monoisotopic (exact) mass is 790 g/mol. The molecule has 6 atom stereocenters. The van der Waals surface area contributed by atoms with Crippen LogP contribution in [0.3, 0.4) is 0 Å². The van der Waals surface area contributed by atoms with Gasteiger partial charge < -0.3 is 33.2 Å². The Balaban J connectivity index is 1.12. The fraction of sp³-hybridized carbons (Fsp3) is 0.308. The van der Waals surface area contributed by atoms with E-state index in [1.54, 1.807) is 0 Å². The van der Waals surface area contributed by atoms with E-state index in [1.807, 2.05) is 72.8 Å². The summed E-state index contributed by atoms with van der Waals surface area (Å²) in [7, 11) is 0. The van der Waals surface area contributed by atoms with E-state index >= 15 is 0 Å². The Morgan fingerprint density at radius 2 is 1.08 bits per heavy atom. The van der Waals surface area contributed by atoms with E-state index in [2.05, 4.69) is 97.9 Å². The summed E-state index contributed by atoms with van der Waals surface area (Å²) in [4.78, 5) is 0. The Labute approximate surface area is 348 Å². The molecule has 2 aliphatic rings. The van der Waals surface area contributed by atoms with Crippen LogP contribution in [-0.4, -0.2) is 50.3 Å². The third-order valence-corrected chi connectivity index (χ3v) is 11.1. The molecule has 2 saturated heterocycles. The molecule has 59 heavy (non-hydrogen) atoms. The third kappa shape index (κ3) is 11.3. The van der Waals surface area contributed by atoms with Crippen LogP contribution in [0, 0.1) is 6.92 Å². The van der Waals surface area contributed by atoms with Crippen LogP contribution in [0.2, 0.25) is 0 Å². The van der Waals surface area contributed by atoms with Gasteiger partial charge in [0.15, 0.2) is 0 Å². The van der Waals surface area contributed by atoms with Crippen LogP contribution >= 0.6 is 0 Å². The lowest BCUT2D eigenvalue weighted by molar-refractivity contribution is -0.275. The fourth-order valence-corrected chi connectivity index (χ4v) is 7.82. The van der Waals surface area contributed by atoms with Crippen LogP contribution in [-0.2, 0) is 61.3 Å². The first-order chi connectivity index (χ1) is 29.1. The Morgan fingerprint density at radius 3 is 1.64 bits per heavy atom. The predicted octanol–water partition coefficient (Wildman–Crippen LogP) is 10.2. The summed E-state index contributed by atoms with van der Waals surface area (Å²) in [5.41, 5.74) is 8.95. The van der Waals surface area contributed by atoms with Gasteiger partial charge in [0, 0.05) is 6.42 Å². The topological polar surface area (TPSA) is 64.6 Å². The molecule has 6 aromatic rings. The lowest BCUT2D eigenvalue weighted by Crippen LogP contribution is -2.58. The van der Waals surface area contributed by atoms with E-state index in [0.717, 1.165) is 53.0 Å². The van der Waals surface area contributed by atoms with Gasteiger partial charge >= 0.3 is 0 Å². The molecule has 2 fully saturated rings. The molecule has 0 N–H and O–H groups in total. The second-order valence-electron chi connectivity index (χ2n) is 15.5. The third-order valence-electron chi connectivity index (χ3n) is 11.1. The maximum absolute atomic E-state index is 7.24. The van der Waals surface area contributed by atoms with Gasteiger partial charge in [-0.15, -0.1) is 0 Å². The zero-order valence-electron chi connectivity index (χ0n) is 33.8. The predicted molar refractivity (Wildman–Crippen MR) is 229 cm³/mol. The molecule has 2 heterocycles. The van der Waals surface area contributed by atoms with Gasteiger partial charge in [-0.05, 0) is 70.0 Å². The van der Waals surface area contributed by atoms with Gasteiger partial charge in [-0.2, -0.15) is 0 Å². The van der Waals surface area contributed by atoms with Crippen molar-refractivity contribution in [2.45, 2.75) is 82.8 Å². The molecule has 0 spiro atoms. The Morgan fingerprint density at radius 1 is 0.542 bits per heavy atom. The summed E-state index contributed by atoms with van der Waals surface area (Å²) >= 11 is 0. The molecule has 0 saturated carbocycles. The number of rotatable bonds is 18. The summed E-state index contributed by atoms with van der Waals surface area (Å²) in [6.45, 7) is 5.49. The van der Waals surface area contributed by atoms with Crippen molar-refractivity contribution >= 4 is 0 Å². The second kappa shape index (κ2) is 20.7. The van der Waals surface area contributed by atoms with Crippen LogP contribution in [0.4, 0.5) is 0 Å². The molecule has 6 aromatic carbocycles. The molecule has 1 unspecified atom stereocenters. The molecule has 7 nitrogen and oxygen atoms in total. The van der Waals surface area contributed by atoms with Crippen LogP contribution in [0.15, 0.2) is 164 Å². The average Bonchev–Trinajstić information content (AvgIpc) is 3.80. The SMILES string of the molecule is Cc1ccc([C@@H]2O[C@H](COCc3ccccc3)[C@@H](OCc3ccccc3)[C@H](OCc3ccccc3)[C@H]2OCc2ccccc2)cc1Cc1ccc(OC2CCOC2)cc1. The van der Waals surface area contributed by atoms with Gasteiger partial charge in [-0.25, -0.2) is 0 Å². The largest absolute Gasteiger partial charge is 0.488 e. The fourth-order valence-electron chi connectivity index (χ4n) is 7.82. The summed E-state index contributed by atoms with van der Waals surface area (Å²) in [5.74, 6) is 0.870. The maximum atomic E-state index is 7.24. The van der Waals surface area contributed by atoms with Crippen molar-refractivity contribution in [3.8, 4) is 5.75 Å². The molecule has 0 aliphatic carbocycles. The minimum atomic E-state index is -0.517. The van der Waals surface area contributed by atoms with Crippen molar-refractivity contribution in [2.24, 2.45) is 0 Å². The van der Waals surface area contributed by atoms with Gasteiger partial charge in [0.1, 0.15) is 42.4 Å². The first-order valence-electron chi connectivity index (χ1n) is 20.8. The van der Waals surface area contributed by atoms with Crippen LogP contribution in [0.25, 0.3) is 0 Å². The first kappa shape index (κ1) is 40.7. The van der Waals surface area contributed by atoms with Crippen molar-refractivity contribution in [1.29, 1.82) is 0 Å². The van der Waals surface area contributed by atoms with Crippen LogP contribution < -0.4 is 4.74 Å². The smallest absolute Gasteiger partial charge is 0.124 e. The van der Waals surface area contributed by atoms with Crippen LogP contribution in [0.5, 0.6) is 5.75 Å². The molecule has 7 heteroatoms. The summed E-state index contributed by atoms with van der Waals surface area (Å²) < 4.78 is 46.3. The van der Waals surface area contributed by atoms with Crippen molar-refractivity contribution in [2.75, 3.05) is 19.8 Å². The highest BCUT2D eigenvalue weighted by molar-refractivity contribution is 5.38. The molecule has 0 radical (unpaired) electrons. The summed E-state index contributed by atoms with van der Waals surface area (Å²) in [6, 6.07) is 56.1. The van der Waals surface area contributed by atoms with Crippen molar-refractivity contribution in [1.82, 2.24) is 0 Å². The van der Waals surface area contributed by atoms with Crippen LogP contribution in [0.1, 0.15) is 57.0 Å². The number of hydrogen-bond acceptors (Lipinski definition) is 7. The highest BCUT2D eigenvalue weighted by Crippen LogP contribution is 2.39. The van der Waals surface area contributed by atoms with Gasteiger partial charge in [0.25, 0.3) is 0 Å². The van der Waals surface area contributed by atoms with Crippen molar-refractivity contribution in [3.63, 3.8) is 0 Å². The highest BCUT2D eigenvalue weighted by Gasteiger charge is 2.49. The number of aryl methyl sites for hydroxylation is 1. The molecular weight excluding hydrogens is 737 g/mol. The molecule has 304 valence electrons. The minimum Gasteiger partial charge on any atom is -0.488 e. The quantitative estimate of drug-likeness (QED) is 0.0859. The van der Waals surface area contributed by atoms with E-state index in [0.29, 0.717) is 39.6 Å². The Hall–Kier alpha value is -5.12. The molecule has 0 bridgehead atoms. The molecule has 0 aromatic heterocycles. The summed E-state index contributed by atoms with van der Waals surface area (Å²) in [5, 5.41) is 0. The maximum Gasteiger partial charge on any atom is 0.124 e. The molecule has 0 amide bonds. The molecule has 8 rings (SSSR count). The van der Waals surface area contributed by atoms with Gasteiger partial charge in [-0.3, -0.25) is 0 Å². The minimum absolute atomic E-state index is 0.115. The standard InChI is InChI=1S/C52H54O7/c1-38-22-25-44(31-45(38)30-39-23-26-46(27-24-39)58-47-28-29-53-36-47)49-51(56-34-42-18-10-4-11-19-42)52(57-35-43-20-12-5-13-21-43)50(55-33-41-16-8-3-9-17-41)48(59-49)37-54-32-40-14-6-2-7-15-40/h2-27,31,47-52H,28-30,32-37H2,1H3/t47?,48-,49+,50-,51+,52+/m1/s1. The van der Waals surface area contributed by atoms with E-state index in [1.165, 1.54) is 16.7 Å². The van der Waals surface area contributed by atoms with E-state index < -0.39 is 30.5 Å². The lowest BCUT2D eigenvalue weighted by atomic mass is 9.88. The van der Waals surface area contributed by atoms with E-state index in [9.17, 15) is 0 Å². The summed E-state index contributed by atoms with van der Waals surface area (Å²) in [6.07, 6.45) is -0.680. The Kier molecular flexibility index (Phi) is 14.3. The normalized spacial score (nSPS) is 21.6. The van der Waals surface area contributed by atoms with Gasteiger partial charge in [-0.1, -0.05) is 152 Å². The Bertz CT molecular complexity index is 2120. The molecular formula is C52H54O7. The van der Waals surface area contributed by atoms with Crippen molar-refractivity contribution < 1.29 is 33.2 Å². The second-order valence-corrected chi connectivity index (χ2v) is 15.5. The number of benzene rings is 6. The van der Waals surface area contributed by atoms with Crippen molar-refractivity contribution in [3.05, 3.63) is 208 Å². The number of ether oxygens (including phenoxy) is 7. The highest BCUT2D eigenvalue weighted by atomic mass is 16.6. The van der Waals surface area contributed by atoms with Gasteiger partial charge in [0.05, 0.1) is 46.2 Å². The zero-order chi connectivity index (χ0) is 40.1. The average molecular weight is 791 g/mol. The van der Waals surface area contributed by atoms with E-state index in [4.69, 9.17) is 33.2 Å². The number of hydrogen-bond donors (Lipinski definition) is 0. The lowest BCUT2D eigenvalue weighted by Gasteiger charge is -2.46. The zero-order valence-corrected chi connectivity index (χ0v) is 33.8.